The minimum absolute atomic E-state index is 0.111. The Kier molecular flexibility index (Phi) is 3.30. The molecular weight excluding hydrogens is 226 g/mol. The first kappa shape index (κ1) is 11.7. The molecule has 1 atom stereocenters. The van der Waals surface area contributed by atoms with Gasteiger partial charge in [0.25, 0.3) is 0 Å². The number of aromatic nitrogens is 2. The van der Waals surface area contributed by atoms with E-state index in [-0.39, 0.29) is 6.10 Å². The fraction of sp³-hybridized carbons (Fsp3) is 0.500. The van der Waals surface area contributed by atoms with Crippen LogP contribution in [-0.2, 0) is 11.3 Å². The largest absolute Gasteiger partial charge is 0.371 e. The van der Waals surface area contributed by atoms with Gasteiger partial charge >= 0.3 is 0 Å². The predicted molar refractivity (Wildman–Crippen MR) is 71.6 cm³/mol. The molecular formula is C14H19N3O. The molecule has 0 saturated carbocycles. The maximum Gasteiger partial charge on any atom is 0.112 e. The Hall–Kier alpha value is -1.39. The summed E-state index contributed by atoms with van der Waals surface area (Å²) >= 11 is 0. The summed E-state index contributed by atoms with van der Waals surface area (Å²) in [5.74, 6) is 0. The van der Waals surface area contributed by atoms with Crippen LogP contribution in [0.25, 0.3) is 10.9 Å². The molecule has 0 radical (unpaired) electrons. The molecule has 0 spiro atoms. The minimum atomic E-state index is 0.111. The molecule has 0 bridgehead atoms. The van der Waals surface area contributed by atoms with Crippen molar-refractivity contribution in [3.05, 3.63) is 30.0 Å². The van der Waals surface area contributed by atoms with Crippen molar-refractivity contribution >= 4 is 10.9 Å². The van der Waals surface area contributed by atoms with Crippen molar-refractivity contribution in [1.82, 2.24) is 15.1 Å². The van der Waals surface area contributed by atoms with Gasteiger partial charge in [-0.25, -0.2) is 0 Å². The van der Waals surface area contributed by atoms with Gasteiger partial charge in [-0.3, -0.25) is 4.68 Å². The summed E-state index contributed by atoms with van der Waals surface area (Å²) in [4.78, 5) is 0. The predicted octanol–water partition coefficient (Wildman–Crippen LogP) is 2.11. The number of benzene rings is 1. The van der Waals surface area contributed by atoms with E-state index < -0.39 is 0 Å². The molecule has 1 aliphatic heterocycles. The molecule has 1 aromatic carbocycles. The van der Waals surface area contributed by atoms with Crippen molar-refractivity contribution in [3.63, 3.8) is 0 Å². The van der Waals surface area contributed by atoms with Gasteiger partial charge in [-0.2, -0.15) is 5.10 Å². The van der Waals surface area contributed by atoms with Crippen LogP contribution in [-0.4, -0.2) is 29.5 Å². The molecule has 18 heavy (non-hydrogen) atoms. The van der Waals surface area contributed by atoms with Crippen LogP contribution < -0.4 is 5.32 Å². The van der Waals surface area contributed by atoms with Crippen LogP contribution in [0, 0.1) is 0 Å². The van der Waals surface area contributed by atoms with Crippen molar-refractivity contribution < 1.29 is 4.74 Å². The molecule has 0 amide bonds. The third-order valence-electron chi connectivity index (χ3n) is 3.40. The summed E-state index contributed by atoms with van der Waals surface area (Å²) in [5.41, 5.74) is 2.29. The molecule has 0 aliphatic carbocycles. The second-order valence-corrected chi connectivity index (χ2v) is 4.65. The lowest BCUT2D eigenvalue weighted by Crippen LogP contribution is -2.24. The van der Waals surface area contributed by atoms with Crippen molar-refractivity contribution in [2.24, 2.45) is 0 Å². The van der Waals surface area contributed by atoms with E-state index >= 15 is 0 Å². The molecule has 0 saturated heterocycles. The Morgan fingerprint density at radius 2 is 2.33 bits per heavy atom. The van der Waals surface area contributed by atoms with Crippen LogP contribution >= 0.6 is 0 Å². The number of nitrogens with zero attached hydrogens (tertiary/aromatic N) is 2. The highest BCUT2D eigenvalue weighted by Gasteiger charge is 2.23. The van der Waals surface area contributed by atoms with E-state index in [4.69, 9.17) is 4.74 Å². The van der Waals surface area contributed by atoms with Crippen LogP contribution in [0.1, 0.15) is 25.1 Å². The number of likely N-dealkylation sites (N-methyl/N-ethyl adjacent to an activating group) is 1. The highest BCUT2D eigenvalue weighted by molar-refractivity contribution is 5.81. The smallest absolute Gasteiger partial charge is 0.112 e. The van der Waals surface area contributed by atoms with Gasteiger partial charge in [0.05, 0.1) is 11.2 Å². The first-order valence-corrected chi connectivity index (χ1v) is 6.68. The molecule has 96 valence electrons. The molecule has 1 unspecified atom stereocenters. The molecule has 1 N–H and O–H groups in total. The van der Waals surface area contributed by atoms with Gasteiger partial charge in [-0.1, -0.05) is 25.1 Å². The second kappa shape index (κ2) is 5.08. The van der Waals surface area contributed by atoms with Crippen molar-refractivity contribution in [2.75, 3.05) is 19.7 Å². The summed E-state index contributed by atoms with van der Waals surface area (Å²) in [6, 6.07) is 8.32. The normalized spacial score (nSPS) is 19.7. The zero-order chi connectivity index (χ0) is 12.4. The molecule has 2 aromatic rings. The maximum atomic E-state index is 5.97. The Morgan fingerprint density at radius 3 is 3.22 bits per heavy atom. The Balaban J connectivity index is 2.05. The standard InChI is InChI=1S/C14H19N3O/c1-2-15-10-13-14-11-6-3-4-7-12(11)16-17(14)8-5-9-18-13/h3-4,6-7,13,15H,2,5,8-10H2,1H3. The Morgan fingerprint density at radius 1 is 1.44 bits per heavy atom. The average Bonchev–Trinajstić information content (AvgIpc) is 2.65. The lowest BCUT2D eigenvalue weighted by Gasteiger charge is -2.16. The van der Waals surface area contributed by atoms with E-state index in [1.807, 2.05) is 6.07 Å². The summed E-state index contributed by atoms with van der Waals surface area (Å²) in [5, 5.41) is 9.28. The maximum absolute atomic E-state index is 5.97. The quantitative estimate of drug-likeness (QED) is 0.900. The SMILES string of the molecule is CCNCC1OCCCn2nc3ccccc3c21. The van der Waals surface area contributed by atoms with Crippen molar-refractivity contribution in [2.45, 2.75) is 26.0 Å². The van der Waals surface area contributed by atoms with Gasteiger partial charge < -0.3 is 10.1 Å². The van der Waals surface area contributed by atoms with E-state index in [2.05, 4.69) is 40.2 Å². The van der Waals surface area contributed by atoms with Crippen LogP contribution in [0.2, 0.25) is 0 Å². The third-order valence-corrected chi connectivity index (χ3v) is 3.40. The van der Waals surface area contributed by atoms with Gasteiger partial charge in [0, 0.05) is 25.1 Å². The molecule has 0 fully saturated rings. The highest BCUT2D eigenvalue weighted by atomic mass is 16.5. The Labute approximate surface area is 107 Å². The van der Waals surface area contributed by atoms with Gasteiger partial charge in [-0.15, -0.1) is 0 Å². The first-order chi connectivity index (χ1) is 8.90. The molecule has 2 heterocycles. The van der Waals surface area contributed by atoms with Gasteiger partial charge in [0.1, 0.15) is 6.10 Å². The fourth-order valence-electron chi connectivity index (χ4n) is 2.56. The van der Waals surface area contributed by atoms with E-state index in [0.29, 0.717) is 0 Å². The van der Waals surface area contributed by atoms with Crippen LogP contribution in [0.4, 0.5) is 0 Å². The van der Waals surface area contributed by atoms with E-state index in [1.54, 1.807) is 0 Å². The van der Waals surface area contributed by atoms with Gasteiger partial charge in [0.15, 0.2) is 0 Å². The summed E-state index contributed by atoms with van der Waals surface area (Å²) in [7, 11) is 0. The number of ether oxygens (including phenoxy) is 1. The van der Waals surface area contributed by atoms with Gasteiger partial charge in [0.2, 0.25) is 0 Å². The second-order valence-electron chi connectivity index (χ2n) is 4.65. The lowest BCUT2D eigenvalue weighted by atomic mass is 10.1. The van der Waals surface area contributed by atoms with Crippen LogP contribution in [0.3, 0.4) is 0 Å². The summed E-state index contributed by atoms with van der Waals surface area (Å²) < 4.78 is 8.10. The molecule has 4 nitrogen and oxygen atoms in total. The first-order valence-electron chi connectivity index (χ1n) is 6.68. The number of nitrogens with one attached hydrogen (secondary N) is 1. The zero-order valence-electron chi connectivity index (χ0n) is 10.7. The number of rotatable bonds is 3. The molecule has 4 heteroatoms. The number of aryl methyl sites for hydroxylation is 1. The topological polar surface area (TPSA) is 39.1 Å². The van der Waals surface area contributed by atoms with Crippen molar-refractivity contribution in [1.29, 1.82) is 0 Å². The fourth-order valence-corrected chi connectivity index (χ4v) is 2.56. The van der Waals surface area contributed by atoms with E-state index in [1.165, 1.54) is 11.1 Å². The van der Waals surface area contributed by atoms with Crippen LogP contribution in [0.15, 0.2) is 24.3 Å². The van der Waals surface area contributed by atoms with Crippen molar-refractivity contribution in [3.8, 4) is 0 Å². The number of hydrogen-bond acceptors (Lipinski definition) is 3. The zero-order valence-corrected chi connectivity index (χ0v) is 10.7. The molecule has 1 aliphatic rings. The summed E-state index contributed by atoms with van der Waals surface area (Å²) in [6.07, 6.45) is 1.14. The molecule has 3 rings (SSSR count). The average molecular weight is 245 g/mol. The van der Waals surface area contributed by atoms with E-state index in [0.717, 1.165) is 38.2 Å². The third kappa shape index (κ3) is 2.02. The molecule has 1 aromatic heterocycles. The lowest BCUT2D eigenvalue weighted by molar-refractivity contribution is 0.0571. The highest BCUT2D eigenvalue weighted by Crippen LogP contribution is 2.28. The number of hydrogen-bond donors (Lipinski definition) is 1. The Bertz CT molecular complexity index is 535. The number of fused-ring (bicyclic) bond motifs is 3. The van der Waals surface area contributed by atoms with E-state index in [9.17, 15) is 0 Å². The summed E-state index contributed by atoms with van der Waals surface area (Å²) in [6.45, 7) is 5.70. The van der Waals surface area contributed by atoms with Crippen LogP contribution in [0.5, 0.6) is 0 Å². The minimum Gasteiger partial charge on any atom is -0.371 e. The monoisotopic (exact) mass is 245 g/mol. The van der Waals surface area contributed by atoms with Gasteiger partial charge in [-0.05, 0) is 19.0 Å².